The van der Waals surface area contributed by atoms with Crippen molar-refractivity contribution in [1.29, 1.82) is 0 Å². The molecule has 3 nitrogen and oxygen atoms in total. The summed E-state index contributed by atoms with van der Waals surface area (Å²) < 4.78 is 0. The number of primary amides is 1. The van der Waals surface area contributed by atoms with Crippen LogP contribution in [0.3, 0.4) is 0 Å². The molecule has 1 saturated heterocycles. The molecule has 1 saturated carbocycles. The second-order valence-electron chi connectivity index (χ2n) is 3.67. The van der Waals surface area contributed by atoms with E-state index >= 15 is 0 Å². The molecule has 1 atom stereocenters. The summed E-state index contributed by atoms with van der Waals surface area (Å²) in [5.41, 5.74) is 5.19. The minimum atomic E-state index is -0.142. The van der Waals surface area contributed by atoms with Gasteiger partial charge in [-0.25, -0.2) is 0 Å². The van der Waals surface area contributed by atoms with Crippen LogP contribution in [-0.2, 0) is 4.79 Å². The molecule has 1 unspecified atom stereocenters. The van der Waals surface area contributed by atoms with Crippen LogP contribution in [0.25, 0.3) is 0 Å². The fourth-order valence-electron chi connectivity index (χ4n) is 2.06. The first-order valence-electron chi connectivity index (χ1n) is 4.29. The summed E-state index contributed by atoms with van der Waals surface area (Å²) in [6, 6.07) is 0.389. The van der Waals surface area contributed by atoms with Gasteiger partial charge in [-0.3, -0.25) is 4.79 Å². The van der Waals surface area contributed by atoms with Crippen LogP contribution in [0, 0.1) is 5.41 Å². The Balaban J connectivity index is 2.07. The molecule has 0 aromatic carbocycles. The quantitative estimate of drug-likeness (QED) is 0.588. The zero-order chi connectivity index (χ0) is 7.90. The zero-order valence-electron chi connectivity index (χ0n) is 6.60. The molecule has 62 valence electrons. The van der Waals surface area contributed by atoms with Gasteiger partial charge in [0.25, 0.3) is 0 Å². The first-order chi connectivity index (χ1) is 5.26. The van der Waals surface area contributed by atoms with Gasteiger partial charge in [-0.1, -0.05) is 0 Å². The van der Waals surface area contributed by atoms with Gasteiger partial charge in [-0.05, 0) is 32.2 Å². The minimum absolute atomic E-state index is 0.100. The zero-order valence-corrected chi connectivity index (χ0v) is 6.60. The molecule has 0 bridgehead atoms. The van der Waals surface area contributed by atoms with Crippen LogP contribution in [0.2, 0.25) is 0 Å². The molecule has 3 N–H and O–H groups in total. The molecule has 3 heteroatoms. The lowest BCUT2D eigenvalue weighted by Crippen LogP contribution is -2.40. The molecule has 0 radical (unpaired) electrons. The molecule has 0 aromatic heterocycles. The fourth-order valence-corrected chi connectivity index (χ4v) is 2.06. The highest BCUT2D eigenvalue weighted by molar-refractivity contribution is 5.84. The van der Waals surface area contributed by atoms with E-state index in [1.54, 1.807) is 0 Å². The average molecular weight is 154 g/mol. The van der Waals surface area contributed by atoms with Crippen LogP contribution in [0.15, 0.2) is 0 Å². The van der Waals surface area contributed by atoms with E-state index in [1.807, 2.05) is 0 Å². The van der Waals surface area contributed by atoms with Gasteiger partial charge in [0.2, 0.25) is 5.91 Å². The molecule has 0 aromatic rings. The SMILES string of the molecule is NC(=O)C1(C2CCCN2)CC1. The van der Waals surface area contributed by atoms with Crippen LogP contribution < -0.4 is 11.1 Å². The third-order valence-corrected chi connectivity index (χ3v) is 3.01. The molecule has 11 heavy (non-hydrogen) atoms. The van der Waals surface area contributed by atoms with E-state index in [4.69, 9.17) is 5.73 Å². The molecular formula is C8H14N2O. The van der Waals surface area contributed by atoms with Gasteiger partial charge in [0.1, 0.15) is 0 Å². The number of rotatable bonds is 2. The van der Waals surface area contributed by atoms with Crippen LogP contribution in [0.1, 0.15) is 25.7 Å². The number of hydrogen-bond donors (Lipinski definition) is 2. The van der Waals surface area contributed by atoms with E-state index in [1.165, 1.54) is 6.42 Å². The van der Waals surface area contributed by atoms with Gasteiger partial charge >= 0.3 is 0 Å². The predicted molar refractivity (Wildman–Crippen MR) is 41.9 cm³/mol. The highest BCUT2D eigenvalue weighted by Crippen LogP contribution is 2.50. The largest absolute Gasteiger partial charge is 0.369 e. The monoisotopic (exact) mass is 154 g/mol. The molecule has 2 aliphatic rings. The van der Waals surface area contributed by atoms with E-state index in [0.29, 0.717) is 6.04 Å². The van der Waals surface area contributed by atoms with Crippen molar-refractivity contribution in [3.63, 3.8) is 0 Å². The van der Waals surface area contributed by atoms with Crippen LogP contribution in [0.4, 0.5) is 0 Å². The Morgan fingerprint density at radius 3 is 2.64 bits per heavy atom. The van der Waals surface area contributed by atoms with Crippen molar-refractivity contribution in [1.82, 2.24) is 5.32 Å². The summed E-state index contributed by atoms with van der Waals surface area (Å²) in [6.07, 6.45) is 4.32. The van der Waals surface area contributed by atoms with Crippen LogP contribution in [0.5, 0.6) is 0 Å². The smallest absolute Gasteiger partial charge is 0.225 e. The van der Waals surface area contributed by atoms with Gasteiger partial charge in [-0.2, -0.15) is 0 Å². The Bertz CT molecular complexity index is 181. The maximum Gasteiger partial charge on any atom is 0.225 e. The summed E-state index contributed by atoms with van der Waals surface area (Å²) in [5, 5.41) is 3.34. The molecule has 1 aliphatic carbocycles. The van der Waals surface area contributed by atoms with Crippen molar-refractivity contribution < 1.29 is 4.79 Å². The van der Waals surface area contributed by atoms with Gasteiger partial charge < -0.3 is 11.1 Å². The van der Waals surface area contributed by atoms with Crippen LogP contribution in [-0.4, -0.2) is 18.5 Å². The Labute approximate surface area is 66.3 Å². The predicted octanol–water partition coefficient (Wildman–Crippen LogP) is 0.00390. The normalized spacial score (nSPS) is 33.6. The maximum absolute atomic E-state index is 11.1. The number of carbonyl (C=O) groups excluding carboxylic acids is 1. The number of nitrogens with one attached hydrogen (secondary N) is 1. The Kier molecular flexibility index (Phi) is 1.42. The first-order valence-corrected chi connectivity index (χ1v) is 4.29. The van der Waals surface area contributed by atoms with Crippen molar-refractivity contribution in [3.05, 3.63) is 0 Å². The molecule has 1 heterocycles. The average Bonchev–Trinajstić information content (AvgIpc) is 2.61. The summed E-state index contributed by atoms with van der Waals surface area (Å²) in [7, 11) is 0. The summed E-state index contributed by atoms with van der Waals surface area (Å²) in [5.74, 6) is -0.100. The third-order valence-electron chi connectivity index (χ3n) is 3.01. The topological polar surface area (TPSA) is 55.1 Å². The summed E-state index contributed by atoms with van der Waals surface area (Å²) >= 11 is 0. The lowest BCUT2D eigenvalue weighted by Gasteiger charge is -2.18. The van der Waals surface area contributed by atoms with E-state index in [-0.39, 0.29) is 11.3 Å². The van der Waals surface area contributed by atoms with Crippen molar-refractivity contribution in [2.75, 3.05) is 6.54 Å². The van der Waals surface area contributed by atoms with Gasteiger partial charge in [-0.15, -0.1) is 0 Å². The number of carbonyl (C=O) groups is 1. The van der Waals surface area contributed by atoms with Gasteiger partial charge in [0, 0.05) is 6.04 Å². The molecule has 0 spiro atoms. The van der Waals surface area contributed by atoms with Crippen molar-refractivity contribution in [2.24, 2.45) is 11.1 Å². The lowest BCUT2D eigenvalue weighted by molar-refractivity contribution is -0.124. The van der Waals surface area contributed by atoms with Crippen molar-refractivity contribution in [2.45, 2.75) is 31.7 Å². The first kappa shape index (κ1) is 7.10. The van der Waals surface area contributed by atoms with Gasteiger partial charge in [0.15, 0.2) is 0 Å². The summed E-state index contributed by atoms with van der Waals surface area (Å²) in [4.78, 5) is 11.1. The van der Waals surface area contributed by atoms with Crippen molar-refractivity contribution >= 4 is 5.91 Å². The highest BCUT2D eigenvalue weighted by Gasteiger charge is 2.54. The summed E-state index contributed by atoms with van der Waals surface area (Å²) in [6.45, 7) is 1.06. The van der Waals surface area contributed by atoms with E-state index in [9.17, 15) is 4.79 Å². The number of nitrogens with two attached hydrogens (primary N) is 1. The molecule has 2 fully saturated rings. The van der Waals surface area contributed by atoms with E-state index in [0.717, 1.165) is 25.8 Å². The fraction of sp³-hybridized carbons (Fsp3) is 0.875. The molecule has 1 aliphatic heterocycles. The van der Waals surface area contributed by atoms with E-state index in [2.05, 4.69) is 5.32 Å². The maximum atomic E-state index is 11.1. The molecule has 2 rings (SSSR count). The Hall–Kier alpha value is -0.570. The Morgan fingerprint density at radius 2 is 2.27 bits per heavy atom. The van der Waals surface area contributed by atoms with E-state index < -0.39 is 0 Å². The molecular weight excluding hydrogens is 140 g/mol. The second-order valence-corrected chi connectivity index (χ2v) is 3.67. The van der Waals surface area contributed by atoms with Crippen molar-refractivity contribution in [3.8, 4) is 0 Å². The second kappa shape index (κ2) is 2.21. The standard InChI is InChI=1S/C8H14N2O/c9-7(11)8(3-4-8)6-2-1-5-10-6/h6,10H,1-5H2,(H2,9,11). The highest BCUT2D eigenvalue weighted by atomic mass is 16.1. The van der Waals surface area contributed by atoms with Gasteiger partial charge in [0.05, 0.1) is 5.41 Å². The molecule has 1 amide bonds. The minimum Gasteiger partial charge on any atom is -0.369 e. The Morgan fingerprint density at radius 1 is 1.55 bits per heavy atom. The number of amides is 1. The third kappa shape index (κ3) is 0.948. The number of hydrogen-bond acceptors (Lipinski definition) is 2. The lowest BCUT2D eigenvalue weighted by atomic mass is 9.94. The van der Waals surface area contributed by atoms with Crippen LogP contribution >= 0.6 is 0 Å².